The van der Waals surface area contributed by atoms with Crippen LogP contribution in [0.25, 0.3) is 0 Å². The zero-order valence-corrected chi connectivity index (χ0v) is 18.1. The van der Waals surface area contributed by atoms with Crippen molar-refractivity contribution in [2.75, 3.05) is 23.0 Å². The smallest absolute Gasteiger partial charge is 0.257 e. The number of sulfone groups is 1. The molecule has 2 aliphatic heterocycles. The molecule has 2 aromatic rings. The van der Waals surface area contributed by atoms with Crippen LogP contribution in [-0.2, 0) is 19.4 Å². The quantitative estimate of drug-likeness (QED) is 0.767. The third-order valence-corrected chi connectivity index (χ3v) is 7.02. The van der Waals surface area contributed by atoms with Crippen molar-refractivity contribution in [2.24, 2.45) is 0 Å². The Morgan fingerprint density at radius 1 is 1.10 bits per heavy atom. The fraction of sp³-hybridized carbons (Fsp3) is 0.318. The molecule has 1 fully saturated rings. The maximum absolute atomic E-state index is 13.2. The zero-order valence-electron chi connectivity index (χ0n) is 17.3. The maximum Gasteiger partial charge on any atom is 0.257 e. The van der Waals surface area contributed by atoms with Crippen molar-refractivity contribution in [2.45, 2.75) is 36.7 Å². The molecule has 2 aromatic carbocycles. The molecule has 0 spiro atoms. The van der Waals surface area contributed by atoms with E-state index in [0.29, 0.717) is 24.1 Å². The topological polar surface area (TPSA) is 104 Å². The van der Waals surface area contributed by atoms with Crippen LogP contribution in [0.1, 0.15) is 36.5 Å². The van der Waals surface area contributed by atoms with E-state index in [9.17, 15) is 22.8 Å². The van der Waals surface area contributed by atoms with Crippen molar-refractivity contribution in [1.82, 2.24) is 4.90 Å². The van der Waals surface area contributed by atoms with E-state index in [1.165, 1.54) is 12.1 Å². The van der Waals surface area contributed by atoms with Gasteiger partial charge < -0.3 is 10.2 Å². The average Bonchev–Trinajstić information content (AvgIpc) is 3.03. The van der Waals surface area contributed by atoms with Crippen LogP contribution in [0.3, 0.4) is 0 Å². The van der Waals surface area contributed by atoms with Gasteiger partial charge in [0.2, 0.25) is 11.8 Å². The highest BCUT2D eigenvalue weighted by atomic mass is 32.2. The third kappa shape index (κ3) is 3.59. The summed E-state index contributed by atoms with van der Waals surface area (Å²) in [5.41, 5.74) is 0.389. The monoisotopic (exact) mass is 441 g/mol. The Balaban J connectivity index is 1.56. The van der Waals surface area contributed by atoms with E-state index in [1.807, 2.05) is 6.92 Å². The molecule has 0 aromatic heterocycles. The molecule has 2 aliphatic rings. The predicted molar refractivity (Wildman–Crippen MR) is 115 cm³/mol. The normalized spacial score (nSPS) is 20.5. The van der Waals surface area contributed by atoms with Crippen LogP contribution in [0.15, 0.2) is 53.4 Å². The van der Waals surface area contributed by atoms with Crippen molar-refractivity contribution in [3.63, 3.8) is 0 Å². The Bertz CT molecular complexity index is 1190. The minimum Gasteiger partial charge on any atom is -0.325 e. The number of benzene rings is 2. The first-order valence-corrected chi connectivity index (χ1v) is 11.8. The van der Waals surface area contributed by atoms with Gasteiger partial charge in [-0.3, -0.25) is 19.3 Å². The number of rotatable bonds is 5. The second-order valence-corrected chi connectivity index (χ2v) is 9.97. The standard InChI is InChI=1S/C22H23N3O5S/c1-22-13-11-20(27)25(22)17-9-5-3-7-15(17)21(28)24(22)14-12-19(26)23-16-8-4-6-10-18(16)31(2,29)30/h3-10H,11-14H2,1-2H3,(H,23,26). The minimum atomic E-state index is -3.51. The molecule has 31 heavy (non-hydrogen) atoms. The van der Waals surface area contributed by atoms with E-state index in [1.54, 1.807) is 46.2 Å². The van der Waals surface area contributed by atoms with Gasteiger partial charge in [0.05, 0.1) is 21.8 Å². The van der Waals surface area contributed by atoms with E-state index in [-0.39, 0.29) is 35.4 Å². The first-order valence-electron chi connectivity index (χ1n) is 9.96. The molecule has 0 saturated carbocycles. The molecule has 8 nitrogen and oxygen atoms in total. The van der Waals surface area contributed by atoms with Gasteiger partial charge in [0.15, 0.2) is 9.84 Å². The molecule has 0 aliphatic carbocycles. The van der Waals surface area contributed by atoms with E-state index in [4.69, 9.17) is 0 Å². The summed E-state index contributed by atoms with van der Waals surface area (Å²) in [5, 5.41) is 2.64. The summed E-state index contributed by atoms with van der Waals surface area (Å²) in [5.74, 6) is -0.699. The summed E-state index contributed by atoms with van der Waals surface area (Å²) in [6.07, 6.45) is 1.84. The molecule has 3 amide bonds. The lowest BCUT2D eigenvalue weighted by molar-refractivity contribution is -0.117. The lowest BCUT2D eigenvalue weighted by Crippen LogP contribution is -2.62. The van der Waals surface area contributed by atoms with Crippen LogP contribution in [-0.4, -0.2) is 49.5 Å². The second-order valence-electron chi connectivity index (χ2n) is 7.99. The lowest BCUT2D eigenvalue weighted by atomic mass is 9.98. The van der Waals surface area contributed by atoms with E-state index in [2.05, 4.69) is 5.32 Å². The molecule has 1 saturated heterocycles. The molecule has 4 rings (SSSR count). The number of nitrogens with one attached hydrogen (secondary N) is 1. The SMILES string of the molecule is CC12CCC(=O)N1c1ccccc1C(=O)N2CCC(=O)Nc1ccccc1S(C)(=O)=O. The molecule has 1 unspecified atom stereocenters. The van der Waals surface area contributed by atoms with E-state index >= 15 is 0 Å². The van der Waals surface area contributed by atoms with Gasteiger partial charge in [0, 0.05) is 25.6 Å². The fourth-order valence-electron chi connectivity index (χ4n) is 4.36. The molecular formula is C22H23N3O5S. The first-order chi connectivity index (χ1) is 14.6. The number of hydrogen-bond acceptors (Lipinski definition) is 5. The maximum atomic E-state index is 13.2. The highest BCUT2D eigenvalue weighted by Gasteiger charge is 2.52. The van der Waals surface area contributed by atoms with E-state index < -0.39 is 21.4 Å². The van der Waals surface area contributed by atoms with Gasteiger partial charge in [-0.15, -0.1) is 0 Å². The van der Waals surface area contributed by atoms with Crippen molar-refractivity contribution in [3.8, 4) is 0 Å². The third-order valence-electron chi connectivity index (χ3n) is 5.87. The Morgan fingerprint density at radius 2 is 1.77 bits per heavy atom. The van der Waals surface area contributed by atoms with Crippen LogP contribution in [0.5, 0.6) is 0 Å². The van der Waals surface area contributed by atoms with Crippen LogP contribution in [0, 0.1) is 0 Å². The van der Waals surface area contributed by atoms with Gasteiger partial charge in [-0.2, -0.15) is 0 Å². The summed E-state index contributed by atoms with van der Waals surface area (Å²) >= 11 is 0. The molecule has 1 N–H and O–H groups in total. The number of fused-ring (bicyclic) bond motifs is 3. The number of hydrogen-bond donors (Lipinski definition) is 1. The molecule has 9 heteroatoms. The summed E-state index contributed by atoms with van der Waals surface area (Å²) in [6, 6.07) is 13.2. The Labute approximate surface area is 180 Å². The Hall–Kier alpha value is -3.20. The molecule has 162 valence electrons. The number of carbonyl (C=O) groups excluding carboxylic acids is 3. The van der Waals surface area contributed by atoms with Gasteiger partial charge in [0.25, 0.3) is 5.91 Å². The van der Waals surface area contributed by atoms with Crippen molar-refractivity contribution in [3.05, 3.63) is 54.1 Å². The number of nitrogens with zero attached hydrogens (tertiary/aromatic N) is 2. The van der Waals surface area contributed by atoms with E-state index in [0.717, 1.165) is 6.26 Å². The molecule has 2 heterocycles. The summed E-state index contributed by atoms with van der Waals surface area (Å²) in [4.78, 5) is 41.7. The molecule has 1 atom stereocenters. The highest BCUT2D eigenvalue weighted by molar-refractivity contribution is 7.90. The molecule has 0 bridgehead atoms. The molecular weight excluding hydrogens is 418 g/mol. The number of anilines is 2. The summed E-state index contributed by atoms with van der Waals surface area (Å²) < 4.78 is 23.9. The van der Waals surface area contributed by atoms with Gasteiger partial charge in [-0.05, 0) is 37.6 Å². The largest absolute Gasteiger partial charge is 0.325 e. The zero-order chi connectivity index (χ0) is 22.4. The van der Waals surface area contributed by atoms with Crippen LogP contribution >= 0.6 is 0 Å². The van der Waals surface area contributed by atoms with Crippen molar-refractivity contribution in [1.29, 1.82) is 0 Å². The number of para-hydroxylation sites is 2. The average molecular weight is 442 g/mol. The fourth-order valence-corrected chi connectivity index (χ4v) is 5.21. The highest BCUT2D eigenvalue weighted by Crippen LogP contribution is 2.43. The predicted octanol–water partition coefficient (Wildman–Crippen LogP) is 2.42. The van der Waals surface area contributed by atoms with Crippen molar-refractivity contribution < 1.29 is 22.8 Å². The lowest BCUT2D eigenvalue weighted by Gasteiger charge is -2.48. The number of amides is 3. The van der Waals surface area contributed by atoms with Crippen LogP contribution < -0.4 is 10.2 Å². The Morgan fingerprint density at radius 3 is 2.52 bits per heavy atom. The van der Waals surface area contributed by atoms with Crippen molar-refractivity contribution >= 4 is 38.9 Å². The molecule has 0 radical (unpaired) electrons. The summed E-state index contributed by atoms with van der Waals surface area (Å²) in [7, 11) is -3.51. The summed E-state index contributed by atoms with van der Waals surface area (Å²) in [6.45, 7) is 1.93. The Kier molecular flexibility index (Phi) is 5.09. The van der Waals surface area contributed by atoms with Gasteiger partial charge in [-0.25, -0.2) is 8.42 Å². The van der Waals surface area contributed by atoms with Crippen LogP contribution in [0.2, 0.25) is 0 Å². The first kappa shape index (κ1) is 21.0. The second kappa shape index (κ2) is 7.49. The van der Waals surface area contributed by atoms with Gasteiger partial charge in [0.1, 0.15) is 5.66 Å². The minimum absolute atomic E-state index is 0.0332. The van der Waals surface area contributed by atoms with Gasteiger partial charge in [-0.1, -0.05) is 24.3 Å². The van der Waals surface area contributed by atoms with Crippen LogP contribution in [0.4, 0.5) is 11.4 Å². The number of carbonyl (C=O) groups is 3. The van der Waals surface area contributed by atoms with Gasteiger partial charge >= 0.3 is 0 Å².